The van der Waals surface area contributed by atoms with E-state index in [-0.39, 0.29) is 13.0 Å². The van der Waals surface area contributed by atoms with Gasteiger partial charge in [-0.2, -0.15) is 4.98 Å². The van der Waals surface area contributed by atoms with Gasteiger partial charge in [0.05, 0.1) is 25.0 Å². The number of hydrogen-bond acceptors (Lipinski definition) is 6. The second-order valence-electron chi connectivity index (χ2n) is 9.57. The molecule has 1 saturated heterocycles. The Balaban J connectivity index is 1.51. The topological polar surface area (TPSA) is 103 Å². The molecule has 1 amide bonds. The van der Waals surface area contributed by atoms with Gasteiger partial charge in [-0.25, -0.2) is 14.0 Å². The van der Waals surface area contributed by atoms with Gasteiger partial charge in [-0.05, 0) is 45.4 Å². The molecule has 0 bridgehead atoms. The highest BCUT2D eigenvalue weighted by atomic mass is 19.1. The Hall–Kier alpha value is -2.52. The maximum absolute atomic E-state index is 14.4. The van der Waals surface area contributed by atoms with Crippen LogP contribution in [0.5, 0.6) is 0 Å². The van der Waals surface area contributed by atoms with Gasteiger partial charge in [0, 0.05) is 6.42 Å². The molecule has 1 aromatic rings. The van der Waals surface area contributed by atoms with E-state index in [9.17, 15) is 19.1 Å². The largest absolute Gasteiger partial charge is 0.449 e. The normalized spacial score (nSPS) is 19.7. The molecule has 9 heteroatoms. The van der Waals surface area contributed by atoms with Crippen molar-refractivity contribution in [3.05, 3.63) is 46.8 Å². The summed E-state index contributed by atoms with van der Waals surface area (Å²) < 4.78 is 25.9. The lowest BCUT2D eigenvalue weighted by Crippen LogP contribution is -2.29. The third-order valence-electron chi connectivity index (χ3n) is 6.37. The lowest BCUT2D eigenvalue weighted by Gasteiger charge is -2.14. The number of aliphatic hydroxyl groups is 1. The maximum Gasteiger partial charge on any atom is 0.412 e. The van der Waals surface area contributed by atoms with E-state index in [0.29, 0.717) is 0 Å². The first-order valence-corrected chi connectivity index (χ1v) is 13.8. The van der Waals surface area contributed by atoms with Crippen molar-refractivity contribution in [1.29, 1.82) is 0 Å². The first-order valence-electron chi connectivity index (χ1n) is 13.8. The maximum atomic E-state index is 14.4. The van der Waals surface area contributed by atoms with Gasteiger partial charge in [0.2, 0.25) is 0 Å². The summed E-state index contributed by atoms with van der Waals surface area (Å²) in [6.45, 7) is 4.10. The predicted octanol–water partition coefficient (Wildman–Crippen LogP) is 6.41. The number of ether oxygens (including phenoxy) is 2. The molecule has 0 unspecified atom stereocenters. The summed E-state index contributed by atoms with van der Waals surface area (Å²) in [7, 11) is 0. The molecule has 37 heavy (non-hydrogen) atoms. The van der Waals surface area contributed by atoms with Crippen molar-refractivity contribution in [2.45, 2.75) is 116 Å². The summed E-state index contributed by atoms with van der Waals surface area (Å²) in [4.78, 5) is 27.8. The van der Waals surface area contributed by atoms with Crippen LogP contribution in [-0.2, 0) is 9.47 Å². The molecular formula is C28H44FN3O5. The Morgan fingerprint density at radius 3 is 2.43 bits per heavy atom. The van der Waals surface area contributed by atoms with Crippen molar-refractivity contribution in [3.63, 3.8) is 0 Å². The van der Waals surface area contributed by atoms with Crippen molar-refractivity contribution >= 4 is 11.9 Å². The van der Waals surface area contributed by atoms with Crippen LogP contribution in [0.2, 0.25) is 0 Å². The van der Waals surface area contributed by atoms with Crippen molar-refractivity contribution in [2.75, 3.05) is 11.9 Å². The third kappa shape index (κ3) is 12.0. The van der Waals surface area contributed by atoms with Crippen LogP contribution in [0.1, 0.15) is 104 Å². The van der Waals surface area contributed by atoms with Crippen LogP contribution >= 0.6 is 0 Å². The SMILES string of the molecule is CCCCC/C=C\C/C=C\CCCCCCCCOC(=O)Nc1nc(=O)n([C@H]2C[C@@H](O)[C@H](C)O2)cc1F. The summed E-state index contributed by atoms with van der Waals surface area (Å²) in [5, 5.41) is 12.0. The predicted molar refractivity (Wildman–Crippen MR) is 143 cm³/mol. The van der Waals surface area contributed by atoms with E-state index in [1.165, 1.54) is 38.5 Å². The number of hydrogen-bond donors (Lipinski definition) is 2. The number of rotatable bonds is 17. The van der Waals surface area contributed by atoms with Crippen LogP contribution in [0, 0.1) is 5.82 Å². The van der Waals surface area contributed by atoms with Gasteiger partial charge in [-0.1, -0.05) is 69.8 Å². The molecule has 2 rings (SSSR count). The number of amides is 1. The molecule has 1 aliphatic rings. The van der Waals surface area contributed by atoms with Crippen LogP contribution in [0.4, 0.5) is 15.0 Å². The molecule has 0 spiro atoms. The van der Waals surface area contributed by atoms with Crippen molar-refractivity contribution in [3.8, 4) is 0 Å². The smallest absolute Gasteiger partial charge is 0.412 e. The molecule has 1 aromatic heterocycles. The molecule has 2 heterocycles. The molecule has 0 aliphatic carbocycles. The van der Waals surface area contributed by atoms with E-state index >= 15 is 0 Å². The molecule has 0 saturated carbocycles. The van der Waals surface area contributed by atoms with Crippen molar-refractivity contribution in [1.82, 2.24) is 9.55 Å². The van der Waals surface area contributed by atoms with Gasteiger partial charge in [-0.3, -0.25) is 9.88 Å². The minimum Gasteiger partial charge on any atom is -0.449 e. The zero-order valence-electron chi connectivity index (χ0n) is 22.4. The summed E-state index contributed by atoms with van der Waals surface area (Å²) in [5.41, 5.74) is -0.784. The summed E-state index contributed by atoms with van der Waals surface area (Å²) in [5.74, 6) is -1.38. The minimum atomic E-state index is -0.886. The third-order valence-corrected chi connectivity index (χ3v) is 6.37. The number of carbonyl (C=O) groups excluding carboxylic acids is 1. The van der Waals surface area contributed by atoms with Crippen LogP contribution in [0.25, 0.3) is 0 Å². The van der Waals surface area contributed by atoms with E-state index in [0.717, 1.165) is 49.3 Å². The van der Waals surface area contributed by atoms with Gasteiger partial charge in [0.15, 0.2) is 11.6 Å². The van der Waals surface area contributed by atoms with Crippen molar-refractivity contribution < 1.29 is 23.8 Å². The first kappa shape index (κ1) is 30.7. The van der Waals surface area contributed by atoms with E-state index < -0.39 is 41.9 Å². The van der Waals surface area contributed by atoms with Crippen LogP contribution in [-0.4, -0.2) is 39.6 Å². The number of allylic oxidation sites excluding steroid dienone is 4. The molecule has 1 fully saturated rings. The highest BCUT2D eigenvalue weighted by molar-refractivity contribution is 5.83. The molecule has 8 nitrogen and oxygen atoms in total. The van der Waals surface area contributed by atoms with Gasteiger partial charge in [-0.15, -0.1) is 0 Å². The molecule has 208 valence electrons. The molecule has 0 radical (unpaired) electrons. The number of unbranched alkanes of at least 4 members (excludes halogenated alkanes) is 9. The number of nitrogens with one attached hydrogen (secondary N) is 1. The highest BCUT2D eigenvalue weighted by Crippen LogP contribution is 2.27. The molecule has 3 atom stereocenters. The molecule has 1 aliphatic heterocycles. The van der Waals surface area contributed by atoms with Gasteiger partial charge < -0.3 is 14.6 Å². The Kier molecular flexibility index (Phi) is 14.8. The molecule has 2 N–H and O–H groups in total. The van der Waals surface area contributed by atoms with E-state index in [1.807, 2.05) is 0 Å². The second kappa shape index (κ2) is 17.9. The molecule has 0 aromatic carbocycles. The lowest BCUT2D eigenvalue weighted by atomic mass is 10.1. The minimum absolute atomic E-state index is 0.158. The number of carbonyl (C=O) groups is 1. The fourth-order valence-corrected chi connectivity index (χ4v) is 4.10. The average molecular weight is 522 g/mol. The number of aromatic nitrogens is 2. The van der Waals surface area contributed by atoms with Crippen LogP contribution < -0.4 is 11.0 Å². The summed E-state index contributed by atoms with van der Waals surface area (Å²) in [6.07, 6.45) is 20.6. The fraction of sp³-hybridized carbons (Fsp3) is 0.679. The number of halogens is 1. The van der Waals surface area contributed by atoms with Gasteiger partial charge >= 0.3 is 11.8 Å². The van der Waals surface area contributed by atoms with Crippen LogP contribution in [0.3, 0.4) is 0 Å². The lowest BCUT2D eigenvalue weighted by molar-refractivity contribution is -0.0104. The average Bonchev–Trinajstić information content (AvgIpc) is 3.20. The highest BCUT2D eigenvalue weighted by Gasteiger charge is 2.33. The number of anilines is 1. The van der Waals surface area contributed by atoms with Crippen molar-refractivity contribution in [2.24, 2.45) is 0 Å². The first-order chi connectivity index (χ1) is 17.9. The number of nitrogens with zero attached hydrogens (tertiary/aromatic N) is 2. The quantitative estimate of drug-likeness (QED) is 0.181. The van der Waals surface area contributed by atoms with E-state index in [4.69, 9.17) is 9.47 Å². The Morgan fingerprint density at radius 1 is 1.14 bits per heavy atom. The fourth-order valence-electron chi connectivity index (χ4n) is 4.10. The monoisotopic (exact) mass is 521 g/mol. The summed E-state index contributed by atoms with van der Waals surface area (Å²) in [6, 6.07) is 0. The van der Waals surface area contributed by atoms with E-state index in [2.05, 4.69) is 41.5 Å². The Morgan fingerprint density at radius 2 is 1.78 bits per heavy atom. The van der Waals surface area contributed by atoms with Crippen LogP contribution in [0.15, 0.2) is 35.3 Å². The van der Waals surface area contributed by atoms with Gasteiger partial charge in [0.25, 0.3) is 0 Å². The Labute approximate surface area is 220 Å². The zero-order valence-corrected chi connectivity index (χ0v) is 22.4. The standard InChI is InChI=1S/C28H44FN3O5/c1-3-4-5-6-7-8-9-10-11-12-13-14-15-16-17-18-19-36-28(35)31-26-23(29)21-32(27(34)30-26)25-20-24(33)22(2)37-25/h7-8,10-11,21-22,24-25,33H,3-6,9,12-20H2,1-2H3,(H,30,31,34,35)/b8-7-,11-10-/t22-,24+,25+/m0/s1. The summed E-state index contributed by atoms with van der Waals surface area (Å²) >= 11 is 0. The number of aliphatic hydroxyl groups excluding tert-OH is 1. The second-order valence-corrected chi connectivity index (χ2v) is 9.57. The Bertz CT molecular complexity index is 908. The van der Waals surface area contributed by atoms with E-state index in [1.54, 1.807) is 6.92 Å². The molecular weight excluding hydrogens is 477 g/mol. The zero-order chi connectivity index (χ0) is 26.9. The van der Waals surface area contributed by atoms with Gasteiger partial charge in [0.1, 0.15) is 6.23 Å².